The van der Waals surface area contributed by atoms with E-state index in [2.05, 4.69) is 5.32 Å². The van der Waals surface area contributed by atoms with E-state index in [1.54, 1.807) is 0 Å². The molecule has 1 aliphatic heterocycles. The largest absolute Gasteiger partial charge is 0.325 e. The van der Waals surface area contributed by atoms with Crippen LogP contribution in [0.25, 0.3) is 0 Å². The molecular formula is C12H24N2. The maximum Gasteiger partial charge on any atom is 0.0154 e. The molecule has 1 heterocycles. The molecule has 1 saturated carbocycles. The highest BCUT2D eigenvalue weighted by Crippen LogP contribution is 2.31. The molecule has 0 amide bonds. The van der Waals surface area contributed by atoms with E-state index >= 15 is 0 Å². The van der Waals surface area contributed by atoms with Gasteiger partial charge in [0.1, 0.15) is 0 Å². The van der Waals surface area contributed by atoms with Crippen LogP contribution in [0.15, 0.2) is 0 Å². The van der Waals surface area contributed by atoms with E-state index in [9.17, 15) is 0 Å². The van der Waals surface area contributed by atoms with Crippen molar-refractivity contribution in [1.82, 2.24) is 5.32 Å². The predicted octanol–water partition coefficient (Wildman–Crippen LogP) is 2.04. The second kappa shape index (κ2) is 4.63. The Morgan fingerprint density at radius 1 is 1.21 bits per heavy atom. The summed E-state index contributed by atoms with van der Waals surface area (Å²) in [5, 5.41) is 3.43. The van der Waals surface area contributed by atoms with E-state index in [-0.39, 0.29) is 5.54 Å². The summed E-state index contributed by atoms with van der Waals surface area (Å²) in [5.41, 5.74) is 6.63. The van der Waals surface area contributed by atoms with Crippen LogP contribution in [0.2, 0.25) is 0 Å². The van der Waals surface area contributed by atoms with Crippen molar-refractivity contribution in [2.24, 2.45) is 11.7 Å². The summed E-state index contributed by atoms with van der Waals surface area (Å²) in [5.74, 6) is 0.914. The molecule has 0 aromatic heterocycles. The fraction of sp³-hybridized carbons (Fsp3) is 1.00. The molecule has 0 spiro atoms. The molecule has 0 bridgehead atoms. The van der Waals surface area contributed by atoms with Crippen LogP contribution in [0.3, 0.4) is 0 Å². The summed E-state index contributed by atoms with van der Waals surface area (Å²) in [7, 11) is 0. The molecule has 1 atom stereocenters. The number of nitrogens with one attached hydrogen (secondary N) is 1. The minimum atomic E-state index is 0.209. The van der Waals surface area contributed by atoms with Gasteiger partial charge in [0, 0.05) is 5.54 Å². The minimum Gasteiger partial charge on any atom is -0.325 e. The lowest BCUT2D eigenvalue weighted by Gasteiger charge is -2.34. The van der Waals surface area contributed by atoms with Crippen LogP contribution in [0, 0.1) is 5.92 Å². The third kappa shape index (κ3) is 2.71. The molecule has 2 fully saturated rings. The van der Waals surface area contributed by atoms with Crippen LogP contribution >= 0.6 is 0 Å². The lowest BCUT2D eigenvalue weighted by molar-refractivity contribution is 0.258. The zero-order valence-corrected chi connectivity index (χ0v) is 9.23. The monoisotopic (exact) mass is 196 g/mol. The summed E-state index contributed by atoms with van der Waals surface area (Å²) in [6.07, 6.45) is 10.7. The Kier molecular flexibility index (Phi) is 3.45. The SMILES string of the molecule is NC1(CCC2CCNC2)CCCCC1. The molecule has 0 aromatic carbocycles. The second-order valence-electron chi connectivity index (χ2n) is 5.32. The highest BCUT2D eigenvalue weighted by atomic mass is 14.9. The summed E-state index contributed by atoms with van der Waals surface area (Å²) in [4.78, 5) is 0. The Hall–Kier alpha value is -0.0800. The van der Waals surface area contributed by atoms with Crippen molar-refractivity contribution >= 4 is 0 Å². The average molecular weight is 196 g/mol. The predicted molar refractivity (Wildman–Crippen MR) is 60.2 cm³/mol. The minimum absolute atomic E-state index is 0.209. The zero-order chi connectivity index (χ0) is 9.86. The molecule has 0 radical (unpaired) electrons. The van der Waals surface area contributed by atoms with Gasteiger partial charge in [-0.1, -0.05) is 19.3 Å². The van der Waals surface area contributed by atoms with E-state index in [1.165, 1.54) is 64.5 Å². The van der Waals surface area contributed by atoms with Gasteiger partial charge in [0.25, 0.3) is 0 Å². The van der Waals surface area contributed by atoms with Crippen LogP contribution < -0.4 is 11.1 Å². The van der Waals surface area contributed by atoms with Gasteiger partial charge < -0.3 is 11.1 Å². The first kappa shape index (κ1) is 10.4. The third-order valence-electron chi connectivity index (χ3n) is 4.06. The van der Waals surface area contributed by atoms with Gasteiger partial charge in [-0.3, -0.25) is 0 Å². The number of rotatable bonds is 3. The fourth-order valence-electron chi connectivity index (χ4n) is 2.96. The lowest BCUT2D eigenvalue weighted by Crippen LogP contribution is -2.42. The third-order valence-corrected chi connectivity index (χ3v) is 4.06. The Morgan fingerprint density at radius 2 is 2.00 bits per heavy atom. The highest BCUT2D eigenvalue weighted by molar-refractivity contribution is 4.88. The van der Waals surface area contributed by atoms with Crippen LogP contribution in [-0.4, -0.2) is 18.6 Å². The fourth-order valence-corrected chi connectivity index (χ4v) is 2.96. The molecule has 1 aliphatic carbocycles. The second-order valence-corrected chi connectivity index (χ2v) is 5.32. The lowest BCUT2D eigenvalue weighted by atomic mass is 9.78. The first-order chi connectivity index (χ1) is 6.79. The van der Waals surface area contributed by atoms with Crippen LogP contribution in [0.4, 0.5) is 0 Å². The maximum absolute atomic E-state index is 6.42. The quantitative estimate of drug-likeness (QED) is 0.725. The van der Waals surface area contributed by atoms with Gasteiger partial charge in [0.2, 0.25) is 0 Å². The van der Waals surface area contributed by atoms with Crippen molar-refractivity contribution in [1.29, 1.82) is 0 Å². The van der Waals surface area contributed by atoms with Crippen LogP contribution in [-0.2, 0) is 0 Å². The zero-order valence-electron chi connectivity index (χ0n) is 9.23. The normalized spacial score (nSPS) is 31.9. The van der Waals surface area contributed by atoms with Gasteiger partial charge in [-0.2, -0.15) is 0 Å². The number of nitrogens with two attached hydrogens (primary N) is 1. The van der Waals surface area contributed by atoms with Crippen molar-refractivity contribution in [3.8, 4) is 0 Å². The molecule has 0 aromatic rings. The molecule has 3 N–H and O–H groups in total. The smallest absolute Gasteiger partial charge is 0.0154 e. The maximum atomic E-state index is 6.42. The van der Waals surface area contributed by atoms with Gasteiger partial charge >= 0.3 is 0 Å². The first-order valence-corrected chi connectivity index (χ1v) is 6.28. The van der Waals surface area contributed by atoms with Crippen molar-refractivity contribution in [2.75, 3.05) is 13.1 Å². The van der Waals surface area contributed by atoms with E-state index in [0.29, 0.717) is 0 Å². The Bertz CT molecular complexity index is 167. The van der Waals surface area contributed by atoms with Crippen LogP contribution in [0.1, 0.15) is 51.4 Å². The van der Waals surface area contributed by atoms with Crippen LogP contribution in [0.5, 0.6) is 0 Å². The van der Waals surface area contributed by atoms with E-state index in [4.69, 9.17) is 5.73 Å². The van der Waals surface area contributed by atoms with E-state index in [1.807, 2.05) is 0 Å². The Labute approximate surface area is 87.6 Å². The summed E-state index contributed by atoms with van der Waals surface area (Å²) >= 11 is 0. The van der Waals surface area contributed by atoms with Crippen molar-refractivity contribution in [3.05, 3.63) is 0 Å². The van der Waals surface area contributed by atoms with Gasteiger partial charge in [-0.05, 0) is 51.1 Å². The molecular weight excluding hydrogens is 172 g/mol. The molecule has 1 saturated heterocycles. The van der Waals surface area contributed by atoms with Crippen molar-refractivity contribution in [3.63, 3.8) is 0 Å². The molecule has 1 unspecified atom stereocenters. The highest BCUT2D eigenvalue weighted by Gasteiger charge is 2.28. The summed E-state index contributed by atoms with van der Waals surface area (Å²) in [6.45, 7) is 2.46. The summed E-state index contributed by atoms with van der Waals surface area (Å²) in [6, 6.07) is 0. The molecule has 82 valence electrons. The Morgan fingerprint density at radius 3 is 2.64 bits per heavy atom. The molecule has 14 heavy (non-hydrogen) atoms. The van der Waals surface area contributed by atoms with Crippen molar-refractivity contribution in [2.45, 2.75) is 56.9 Å². The van der Waals surface area contributed by atoms with Gasteiger partial charge in [-0.15, -0.1) is 0 Å². The molecule has 2 rings (SSSR count). The molecule has 2 heteroatoms. The molecule has 2 nitrogen and oxygen atoms in total. The summed E-state index contributed by atoms with van der Waals surface area (Å²) < 4.78 is 0. The van der Waals surface area contributed by atoms with Gasteiger partial charge in [0.15, 0.2) is 0 Å². The standard InChI is InChI=1S/C12H24N2/c13-12(6-2-1-3-7-12)8-4-11-5-9-14-10-11/h11,14H,1-10,13H2. The van der Waals surface area contributed by atoms with Crippen molar-refractivity contribution < 1.29 is 0 Å². The van der Waals surface area contributed by atoms with Gasteiger partial charge in [0.05, 0.1) is 0 Å². The first-order valence-electron chi connectivity index (χ1n) is 6.28. The number of hydrogen-bond donors (Lipinski definition) is 2. The van der Waals surface area contributed by atoms with Gasteiger partial charge in [-0.25, -0.2) is 0 Å². The Balaban J connectivity index is 1.72. The topological polar surface area (TPSA) is 38.0 Å². The number of hydrogen-bond acceptors (Lipinski definition) is 2. The average Bonchev–Trinajstić information content (AvgIpc) is 2.69. The molecule has 2 aliphatic rings. The van der Waals surface area contributed by atoms with E-state index < -0.39 is 0 Å². The van der Waals surface area contributed by atoms with E-state index in [0.717, 1.165) is 5.92 Å².